The summed E-state index contributed by atoms with van der Waals surface area (Å²) in [5.74, 6) is 1.03. The van der Waals surface area contributed by atoms with Crippen LogP contribution in [-0.4, -0.2) is 36.5 Å². The Labute approximate surface area is 158 Å². The third-order valence-corrected chi connectivity index (χ3v) is 6.17. The molecule has 1 amide bonds. The van der Waals surface area contributed by atoms with Crippen molar-refractivity contribution in [3.05, 3.63) is 24.3 Å². The summed E-state index contributed by atoms with van der Waals surface area (Å²) >= 11 is 0. The molecule has 26 heavy (non-hydrogen) atoms. The zero-order chi connectivity index (χ0) is 18.4. The standard InChI is InChI=1S/C22H34N2O2/c1-18-8-3-6-15-24(18)16-7-17-26-20-11-9-19(10-12-20)23-21(25)22(2)13-4-5-14-22/h9-12,18H,3-8,13-17H2,1-2H3,(H,23,25)/t18-/m0/s1. The molecule has 1 N–H and O–H groups in total. The van der Waals surface area contributed by atoms with Crippen LogP contribution in [0.1, 0.15) is 65.2 Å². The van der Waals surface area contributed by atoms with Crippen LogP contribution >= 0.6 is 0 Å². The number of rotatable bonds is 7. The molecule has 4 nitrogen and oxygen atoms in total. The van der Waals surface area contributed by atoms with Crippen LogP contribution < -0.4 is 10.1 Å². The predicted molar refractivity (Wildman–Crippen MR) is 107 cm³/mol. The van der Waals surface area contributed by atoms with Gasteiger partial charge in [-0.05, 0) is 69.8 Å². The van der Waals surface area contributed by atoms with E-state index >= 15 is 0 Å². The van der Waals surface area contributed by atoms with Gasteiger partial charge in [-0.1, -0.05) is 26.2 Å². The zero-order valence-corrected chi connectivity index (χ0v) is 16.4. The van der Waals surface area contributed by atoms with Gasteiger partial charge in [0.25, 0.3) is 0 Å². The van der Waals surface area contributed by atoms with Crippen molar-refractivity contribution in [2.45, 2.75) is 71.3 Å². The lowest BCUT2D eigenvalue weighted by atomic mass is 9.88. The summed E-state index contributed by atoms with van der Waals surface area (Å²) in [6.45, 7) is 7.50. The molecule has 2 fully saturated rings. The molecule has 1 aromatic carbocycles. The van der Waals surface area contributed by atoms with Crippen molar-refractivity contribution in [1.29, 1.82) is 0 Å². The monoisotopic (exact) mass is 358 g/mol. The molecule has 144 valence electrons. The third-order valence-electron chi connectivity index (χ3n) is 6.17. The minimum absolute atomic E-state index is 0.152. The highest BCUT2D eigenvalue weighted by Gasteiger charge is 2.36. The van der Waals surface area contributed by atoms with Crippen LogP contribution in [0.4, 0.5) is 5.69 Å². The summed E-state index contributed by atoms with van der Waals surface area (Å²) in [7, 11) is 0. The lowest BCUT2D eigenvalue weighted by Gasteiger charge is -2.33. The Hall–Kier alpha value is -1.55. The van der Waals surface area contributed by atoms with Crippen LogP contribution in [0, 0.1) is 5.41 Å². The van der Waals surface area contributed by atoms with E-state index in [0.717, 1.165) is 56.7 Å². The number of benzene rings is 1. The Bertz CT molecular complexity index is 578. The molecule has 1 saturated heterocycles. The summed E-state index contributed by atoms with van der Waals surface area (Å²) in [5.41, 5.74) is 0.665. The highest BCUT2D eigenvalue weighted by molar-refractivity contribution is 5.95. The van der Waals surface area contributed by atoms with Gasteiger partial charge in [0, 0.05) is 23.7 Å². The molecular formula is C22H34N2O2. The average Bonchev–Trinajstić information content (AvgIpc) is 3.09. The fourth-order valence-corrected chi connectivity index (χ4v) is 4.25. The Morgan fingerprint density at radius 3 is 2.62 bits per heavy atom. The molecule has 0 aromatic heterocycles. The zero-order valence-electron chi connectivity index (χ0n) is 16.4. The quantitative estimate of drug-likeness (QED) is 0.709. The Morgan fingerprint density at radius 1 is 1.19 bits per heavy atom. The molecule has 2 aliphatic rings. The van der Waals surface area contributed by atoms with Crippen LogP contribution in [0.3, 0.4) is 0 Å². The maximum atomic E-state index is 12.5. The Kier molecular flexibility index (Phi) is 6.58. The van der Waals surface area contributed by atoms with E-state index in [1.807, 2.05) is 24.3 Å². The number of piperidine rings is 1. The maximum absolute atomic E-state index is 12.5. The molecule has 1 aliphatic carbocycles. The molecule has 1 saturated carbocycles. The highest BCUT2D eigenvalue weighted by Crippen LogP contribution is 2.38. The van der Waals surface area contributed by atoms with Gasteiger partial charge in [-0.15, -0.1) is 0 Å². The molecule has 0 spiro atoms. The minimum Gasteiger partial charge on any atom is -0.494 e. The summed E-state index contributed by atoms with van der Waals surface area (Å²) in [6.07, 6.45) is 9.40. The van der Waals surface area contributed by atoms with E-state index in [2.05, 4.69) is 24.1 Å². The molecule has 0 radical (unpaired) electrons. The number of hydrogen-bond acceptors (Lipinski definition) is 3. The Balaban J connectivity index is 1.39. The SMILES string of the molecule is C[C@H]1CCCCN1CCCOc1ccc(NC(=O)C2(C)CCCC2)cc1. The number of anilines is 1. The van der Waals surface area contributed by atoms with Crippen LogP contribution in [0.15, 0.2) is 24.3 Å². The lowest BCUT2D eigenvalue weighted by molar-refractivity contribution is -0.124. The van der Waals surface area contributed by atoms with Crippen molar-refractivity contribution in [3.8, 4) is 5.75 Å². The van der Waals surface area contributed by atoms with Gasteiger partial charge < -0.3 is 15.0 Å². The second-order valence-electron chi connectivity index (χ2n) is 8.33. The lowest BCUT2D eigenvalue weighted by Crippen LogP contribution is -2.38. The molecule has 1 atom stereocenters. The Morgan fingerprint density at radius 2 is 1.92 bits per heavy atom. The van der Waals surface area contributed by atoms with E-state index in [1.165, 1.54) is 25.8 Å². The first-order valence-corrected chi connectivity index (χ1v) is 10.4. The smallest absolute Gasteiger partial charge is 0.230 e. The van der Waals surface area contributed by atoms with E-state index in [-0.39, 0.29) is 11.3 Å². The second kappa shape index (κ2) is 8.90. The van der Waals surface area contributed by atoms with Gasteiger partial charge in [0.1, 0.15) is 5.75 Å². The van der Waals surface area contributed by atoms with Gasteiger partial charge in [-0.25, -0.2) is 0 Å². The van der Waals surface area contributed by atoms with Crippen molar-refractivity contribution in [2.24, 2.45) is 5.41 Å². The number of carbonyl (C=O) groups excluding carboxylic acids is 1. The number of nitrogens with one attached hydrogen (secondary N) is 1. The predicted octanol–water partition coefficient (Wildman–Crippen LogP) is 4.85. The number of likely N-dealkylation sites (tertiary alicyclic amines) is 1. The van der Waals surface area contributed by atoms with E-state index < -0.39 is 0 Å². The maximum Gasteiger partial charge on any atom is 0.230 e. The van der Waals surface area contributed by atoms with Crippen molar-refractivity contribution in [1.82, 2.24) is 4.90 Å². The second-order valence-corrected chi connectivity index (χ2v) is 8.33. The van der Waals surface area contributed by atoms with Crippen LogP contribution in [0.5, 0.6) is 5.75 Å². The van der Waals surface area contributed by atoms with Gasteiger partial charge in [0.2, 0.25) is 5.91 Å². The first-order chi connectivity index (χ1) is 12.6. The first-order valence-electron chi connectivity index (χ1n) is 10.4. The topological polar surface area (TPSA) is 41.6 Å². The number of nitrogens with zero attached hydrogens (tertiary/aromatic N) is 1. The van der Waals surface area contributed by atoms with Gasteiger partial charge in [-0.2, -0.15) is 0 Å². The highest BCUT2D eigenvalue weighted by atomic mass is 16.5. The number of ether oxygens (including phenoxy) is 1. The number of hydrogen-bond donors (Lipinski definition) is 1. The van der Waals surface area contributed by atoms with E-state index in [4.69, 9.17) is 4.74 Å². The van der Waals surface area contributed by atoms with E-state index in [0.29, 0.717) is 6.04 Å². The molecule has 0 bridgehead atoms. The summed E-state index contributed by atoms with van der Waals surface area (Å²) in [6, 6.07) is 8.51. The van der Waals surface area contributed by atoms with E-state index in [1.54, 1.807) is 0 Å². The normalized spacial score (nSPS) is 22.9. The molecular weight excluding hydrogens is 324 g/mol. The van der Waals surface area contributed by atoms with Crippen LogP contribution in [-0.2, 0) is 4.79 Å². The van der Waals surface area contributed by atoms with E-state index in [9.17, 15) is 4.79 Å². The van der Waals surface area contributed by atoms with Crippen molar-refractivity contribution >= 4 is 11.6 Å². The van der Waals surface area contributed by atoms with Crippen molar-refractivity contribution in [2.75, 3.05) is 25.0 Å². The van der Waals surface area contributed by atoms with Crippen LogP contribution in [0.2, 0.25) is 0 Å². The molecule has 0 unspecified atom stereocenters. The van der Waals surface area contributed by atoms with Crippen molar-refractivity contribution in [3.63, 3.8) is 0 Å². The van der Waals surface area contributed by atoms with Gasteiger partial charge in [-0.3, -0.25) is 4.79 Å². The molecule has 1 heterocycles. The molecule has 1 aliphatic heterocycles. The van der Waals surface area contributed by atoms with Gasteiger partial charge in [0.05, 0.1) is 6.61 Å². The van der Waals surface area contributed by atoms with Crippen molar-refractivity contribution < 1.29 is 9.53 Å². The van der Waals surface area contributed by atoms with Crippen LogP contribution in [0.25, 0.3) is 0 Å². The fraction of sp³-hybridized carbons (Fsp3) is 0.682. The van der Waals surface area contributed by atoms with Gasteiger partial charge in [0.15, 0.2) is 0 Å². The fourth-order valence-electron chi connectivity index (χ4n) is 4.25. The first kappa shape index (κ1) is 19.2. The molecule has 4 heteroatoms. The van der Waals surface area contributed by atoms with Gasteiger partial charge >= 0.3 is 0 Å². The number of carbonyl (C=O) groups is 1. The summed E-state index contributed by atoms with van der Waals surface area (Å²) < 4.78 is 5.87. The average molecular weight is 359 g/mol. The largest absolute Gasteiger partial charge is 0.494 e. The summed E-state index contributed by atoms with van der Waals surface area (Å²) in [4.78, 5) is 15.0. The number of amides is 1. The minimum atomic E-state index is -0.194. The summed E-state index contributed by atoms with van der Waals surface area (Å²) in [5, 5.41) is 3.07. The molecule has 3 rings (SSSR count). The third kappa shape index (κ3) is 5.00. The molecule has 1 aromatic rings.